The van der Waals surface area contributed by atoms with Crippen molar-refractivity contribution in [3.63, 3.8) is 0 Å². The molecule has 0 atom stereocenters. The van der Waals surface area contributed by atoms with Crippen molar-refractivity contribution in [3.8, 4) is 11.1 Å². The fraction of sp³-hybridized carbons (Fsp3) is 0.0625. The first-order valence-electron chi connectivity index (χ1n) is 6.02. The molecule has 0 N–H and O–H groups in total. The van der Waals surface area contributed by atoms with Crippen LogP contribution in [0.3, 0.4) is 0 Å². The van der Waals surface area contributed by atoms with Gasteiger partial charge in [-0.05, 0) is 16.7 Å². The normalized spacial score (nSPS) is 10.4. The smallest absolute Gasteiger partial charge is 0.0949 e. The lowest BCUT2D eigenvalue weighted by Gasteiger charge is -2.05. The van der Waals surface area contributed by atoms with E-state index in [0.29, 0.717) is 0 Å². The third-order valence-corrected chi connectivity index (χ3v) is 2.99. The van der Waals surface area contributed by atoms with Crippen LogP contribution in [0.15, 0.2) is 73.3 Å². The first kappa shape index (κ1) is 10.8. The Morgan fingerprint density at radius 1 is 0.833 bits per heavy atom. The molecular formula is C16H14N2. The number of hydrogen-bond acceptors (Lipinski definition) is 1. The third-order valence-electron chi connectivity index (χ3n) is 2.99. The number of rotatable bonds is 3. The Morgan fingerprint density at radius 3 is 2.22 bits per heavy atom. The number of nitrogens with zero attached hydrogens (tertiary/aromatic N) is 2. The molecular weight excluding hydrogens is 220 g/mol. The van der Waals surface area contributed by atoms with E-state index in [1.54, 1.807) is 6.20 Å². The highest BCUT2D eigenvalue weighted by Gasteiger charge is 1.98. The van der Waals surface area contributed by atoms with Crippen LogP contribution in [0.2, 0.25) is 0 Å². The van der Waals surface area contributed by atoms with Crippen molar-refractivity contribution in [2.24, 2.45) is 0 Å². The summed E-state index contributed by atoms with van der Waals surface area (Å²) in [6.45, 7) is 0.870. The van der Waals surface area contributed by atoms with Gasteiger partial charge in [0.2, 0.25) is 0 Å². The molecule has 0 spiro atoms. The predicted molar refractivity (Wildman–Crippen MR) is 73.2 cm³/mol. The summed E-state index contributed by atoms with van der Waals surface area (Å²) < 4.78 is 2.07. The standard InChI is InChI=1S/C16H14N2/c1-2-4-15(5-3-1)16-8-6-14(7-9-16)12-18-11-10-17-13-18/h1-11,13H,12H2. The second-order valence-corrected chi connectivity index (χ2v) is 4.30. The van der Waals surface area contributed by atoms with Crippen molar-refractivity contribution in [3.05, 3.63) is 78.9 Å². The number of imidazole rings is 1. The van der Waals surface area contributed by atoms with Gasteiger partial charge in [-0.25, -0.2) is 4.98 Å². The van der Waals surface area contributed by atoms with Crippen LogP contribution >= 0.6 is 0 Å². The topological polar surface area (TPSA) is 17.8 Å². The molecule has 88 valence electrons. The maximum Gasteiger partial charge on any atom is 0.0949 e. The Labute approximate surface area is 107 Å². The minimum absolute atomic E-state index is 0.870. The molecule has 1 heterocycles. The molecule has 0 aliphatic rings. The van der Waals surface area contributed by atoms with Gasteiger partial charge >= 0.3 is 0 Å². The van der Waals surface area contributed by atoms with E-state index in [2.05, 4.69) is 58.1 Å². The van der Waals surface area contributed by atoms with Crippen molar-refractivity contribution in [2.75, 3.05) is 0 Å². The molecule has 0 saturated heterocycles. The van der Waals surface area contributed by atoms with Crippen LogP contribution in [-0.4, -0.2) is 9.55 Å². The van der Waals surface area contributed by atoms with Gasteiger partial charge in [0.15, 0.2) is 0 Å². The van der Waals surface area contributed by atoms with Gasteiger partial charge in [0, 0.05) is 18.9 Å². The highest BCUT2D eigenvalue weighted by Crippen LogP contribution is 2.19. The Morgan fingerprint density at radius 2 is 1.56 bits per heavy atom. The zero-order valence-electron chi connectivity index (χ0n) is 10.0. The van der Waals surface area contributed by atoms with Crippen LogP contribution in [0.25, 0.3) is 11.1 Å². The van der Waals surface area contributed by atoms with Crippen LogP contribution in [-0.2, 0) is 6.54 Å². The van der Waals surface area contributed by atoms with Gasteiger partial charge in [0.1, 0.15) is 0 Å². The van der Waals surface area contributed by atoms with Crippen LogP contribution in [0.1, 0.15) is 5.56 Å². The van der Waals surface area contributed by atoms with Crippen molar-refractivity contribution >= 4 is 0 Å². The first-order valence-corrected chi connectivity index (χ1v) is 6.02. The fourth-order valence-electron chi connectivity index (χ4n) is 2.02. The summed E-state index contributed by atoms with van der Waals surface area (Å²) in [5.74, 6) is 0. The molecule has 0 saturated carbocycles. The average Bonchev–Trinajstić information content (AvgIpc) is 2.94. The SMILES string of the molecule is c1ccc(-c2ccc(Cn3ccnc3)cc2)cc1. The predicted octanol–water partition coefficient (Wildman–Crippen LogP) is 3.60. The van der Waals surface area contributed by atoms with Crippen molar-refractivity contribution in [1.82, 2.24) is 9.55 Å². The maximum absolute atomic E-state index is 4.05. The van der Waals surface area contributed by atoms with Gasteiger partial charge < -0.3 is 4.57 Å². The lowest BCUT2D eigenvalue weighted by atomic mass is 10.0. The zero-order chi connectivity index (χ0) is 12.2. The second kappa shape index (κ2) is 4.88. The summed E-state index contributed by atoms with van der Waals surface area (Å²) in [5, 5.41) is 0. The quantitative estimate of drug-likeness (QED) is 0.677. The highest BCUT2D eigenvalue weighted by atomic mass is 15.0. The molecule has 0 aliphatic carbocycles. The van der Waals surface area contributed by atoms with E-state index >= 15 is 0 Å². The van der Waals surface area contributed by atoms with E-state index in [1.807, 2.05) is 18.6 Å². The first-order chi connectivity index (χ1) is 8.92. The van der Waals surface area contributed by atoms with E-state index in [-0.39, 0.29) is 0 Å². The second-order valence-electron chi connectivity index (χ2n) is 4.30. The Bertz CT molecular complexity index is 595. The summed E-state index contributed by atoms with van der Waals surface area (Å²) in [5.41, 5.74) is 3.80. The van der Waals surface area contributed by atoms with Gasteiger partial charge in [-0.3, -0.25) is 0 Å². The van der Waals surface area contributed by atoms with Gasteiger partial charge in [0.25, 0.3) is 0 Å². The van der Waals surface area contributed by atoms with Crippen molar-refractivity contribution in [1.29, 1.82) is 0 Å². The minimum atomic E-state index is 0.870. The molecule has 3 rings (SSSR count). The molecule has 0 amide bonds. The molecule has 0 radical (unpaired) electrons. The van der Waals surface area contributed by atoms with Crippen LogP contribution < -0.4 is 0 Å². The van der Waals surface area contributed by atoms with Gasteiger partial charge in [-0.2, -0.15) is 0 Å². The Hall–Kier alpha value is -2.35. The van der Waals surface area contributed by atoms with E-state index in [9.17, 15) is 0 Å². The molecule has 0 unspecified atom stereocenters. The lowest BCUT2D eigenvalue weighted by Crippen LogP contribution is -1.95. The van der Waals surface area contributed by atoms with E-state index in [1.165, 1.54) is 16.7 Å². The summed E-state index contributed by atoms with van der Waals surface area (Å²) in [4.78, 5) is 4.05. The largest absolute Gasteiger partial charge is 0.333 e. The lowest BCUT2D eigenvalue weighted by molar-refractivity contribution is 0.797. The van der Waals surface area contributed by atoms with Gasteiger partial charge in [-0.1, -0.05) is 54.6 Å². The van der Waals surface area contributed by atoms with E-state index in [4.69, 9.17) is 0 Å². The average molecular weight is 234 g/mol. The van der Waals surface area contributed by atoms with Crippen molar-refractivity contribution in [2.45, 2.75) is 6.54 Å². The molecule has 2 aromatic carbocycles. The third kappa shape index (κ3) is 2.33. The molecule has 1 aromatic heterocycles. The highest BCUT2D eigenvalue weighted by molar-refractivity contribution is 5.63. The molecule has 2 heteroatoms. The number of aromatic nitrogens is 2. The monoisotopic (exact) mass is 234 g/mol. The molecule has 0 aliphatic heterocycles. The van der Waals surface area contributed by atoms with Crippen LogP contribution in [0, 0.1) is 0 Å². The molecule has 3 aromatic rings. The van der Waals surface area contributed by atoms with Crippen molar-refractivity contribution < 1.29 is 0 Å². The van der Waals surface area contributed by atoms with E-state index in [0.717, 1.165) is 6.54 Å². The summed E-state index contributed by atoms with van der Waals surface area (Å²) in [6, 6.07) is 19.1. The minimum Gasteiger partial charge on any atom is -0.333 e. The Balaban J connectivity index is 1.81. The number of benzene rings is 2. The fourth-order valence-corrected chi connectivity index (χ4v) is 2.02. The summed E-state index contributed by atoms with van der Waals surface area (Å²) in [6.07, 6.45) is 5.62. The Kier molecular flexibility index (Phi) is 2.92. The maximum atomic E-state index is 4.05. The van der Waals surface area contributed by atoms with Gasteiger partial charge in [0.05, 0.1) is 6.33 Å². The van der Waals surface area contributed by atoms with Gasteiger partial charge in [-0.15, -0.1) is 0 Å². The molecule has 0 bridgehead atoms. The molecule has 2 nitrogen and oxygen atoms in total. The number of hydrogen-bond donors (Lipinski definition) is 0. The van der Waals surface area contributed by atoms with Crippen LogP contribution in [0.4, 0.5) is 0 Å². The molecule has 18 heavy (non-hydrogen) atoms. The molecule has 0 fully saturated rings. The van der Waals surface area contributed by atoms with Crippen LogP contribution in [0.5, 0.6) is 0 Å². The van der Waals surface area contributed by atoms with E-state index < -0.39 is 0 Å². The summed E-state index contributed by atoms with van der Waals surface area (Å²) in [7, 11) is 0. The zero-order valence-corrected chi connectivity index (χ0v) is 10.0. The summed E-state index contributed by atoms with van der Waals surface area (Å²) >= 11 is 0.